The number of aliphatic hydroxyl groups is 1. The summed E-state index contributed by atoms with van der Waals surface area (Å²) in [6.45, 7) is 4.40. The lowest BCUT2D eigenvalue weighted by Gasteiger charge is -2.25. The van der Waals surface area contributed by atoms with Crippen molar-refractivity contribution in [1.82, 2.24) is 10.6 Å². The minimum atomic E-state index is -1.70. The van der Waals surface area contributed by atoms with E-state index in [1.807, 2.05) is 31.2 Å². The predicted molar refractivity (Wildman–Crippen MR) is 132 cm³/mol. The fraction of sp³-hybridized carbons (Fsp3) is 0.444. The van der Waals surface area contributed by atoms with E-state index < -0.39 is 36.0 Å². The lowest BCUT2D eigenvalue weighted by atomic mass is 9.98. The number of alkyl carbamates (subject to hydrolysis) is 1. The molecule has 0 spiro atoms. The molecule has 0 saturated heterocycles. The molecule has 2 aromatic rings. The van der Waals surface area contributed by atoms with Gasteiger partial charge in [0.15, 0.2) is 5.54 Å². The Balaban J connectivity index is 1.43. The van der Waals surface area contributed by atoms with Gasteiger partial charge < -0.3 is 25.6 Å². The highest BCUT2D eigenvalue weighted by atomic mass is 16.5. The van der Waals surface area contributed by atoms with Crippen LogP contribution >= 0.6 is 0 Å². The normalized spacial score (nSPS) is 15.8. The summed E-state index contributed by atoms with van der Waals surface area (Å²) in [5.41, 5.74) is 2.95. The number of hydrogen-bond acceptors (Lipinski definition) is 5. The van der Waals surface area contributed by atoms with Gasteiger partial charge >= 0.3 is 12.1 Å². The van der Waals surface area contributed by atoms with Gasteiger partial charge in [0, 0.05) is 17.9 Å². The summed E-state index contributed by atoms with van der Waals surface area (Å²) in [6.07, 6.45) is 1.33. The highest BCUT2D eigenvalue weighted by Crippen LogP contribution is 2.44. The van der Waals surface area contributed by atoms with E-state index in [9.17, 15) is 24.6 Å². The average molecular weight is 483 g/mol. The number of carboxylic acid groups (broad SMARTS) is 1. The van der Waals surface area contributed by atoms with Crippen LogP contribution < -0.4 is 10.6 Å². The fourth-order valence-corrected chi connectivity index (χ4v) is 4.33. The van der Waals surface area contributed by atoms with Crippen LogP contribution in [0.1, 0.15) is 57.1 Å². The number of fused-ring (bicyclic) bond motifs is 3. The Bertz CT molecular complexity index is 1030. The van der Waals surface area contributed by atoms with Crippen LogP contribution in [0, 0.1) is 5.92 Å². The lowest BCUT2D eigenvalue weighted by Crippen LogP contribution is -2.56. The molecule has 35 heavy (non-hydrogen) atoms. The standard InChI is InChI=1S/C27H34N2O6/c1-17(24(31)29-27(3,16-30)25(32)33)9-8-10-18(2)28-26(34)35-15-23-21-13-6-4-11-19(21)20-12-5-7-14-22(20)23/h4-7,11-14,17-18,23,30H,8-10,15-16H2,1-3H3,(H,28,34)(H,29,31)(H,32,33). The van der Waals surface area contributed by atoms with E-state index in [4.69, 9.17) is 4.74 Å². The van der Waals surface area contributed by atoms with Crippen molar-refractivity contribution in [3.05, 3.63) is 59.7 Å². The van der Waals surface area contributed by atoms with Crippen LogP contribution in [-0.4, -0.2) is 53.0 Å². The Morgan fingerprint density at radius 1 is 1.00 bits per heavy atom. The van der Waals surface area contributed by atoms with E-state index in [0.29, 0.717) is 19.3 Å². The number of nitrogens with one attached hydrogen (secondary N) is 2. The molecule has 0 aromatic heterocycles. The first-order valence-electron chi connectivity index (χ1n) is 11.9. The van der Waals surface area contributed by atoms with Crippen LogP contribution in [0.4, 0.5) is 4.79 Å². The third kappa shape index (κ3) is 6.19. The smallest absolute Gasteiger partial charge is 0.407 e. The third-order valence-electron chi connectivity index (χ3n) is 6.62. The number of benzene rings is 2. The molecule has 0 saturated carbocycles. The molecule has 1 aliphatic rings. The zero-order valence-corrected chi connectivity index (χ0v) is 20.4. The van der Waals surface area contributed by atoms with Crippen molar-refractivity contribution >= 4 is 18.0 Å². The minimum Gasteiger partial charge on any atom is -0.479 e. The van der Waals surface area contributed by atoms with Gasteiger partial charge in [-0.15, -0.1) is 0 Å². The Hall–Kier alpha value is -3.39. The first kappa shape index (κ1) is 26.2. The van der Waals surface area contributed by atoms with Gasteiger partial charge in [0.2, 0.25) is 5.91 Å². The molecule has 0 fully saturated rings. The number of carbonyl (C=O) groups excluding carboxylic acids is 2. The zero-order valence-electron chi connectivity index (χ0n) is 20.4. The van der Waals surface area contributed by atoms with Crippen molar-refractivity contribution in [3.8, 4) is 11.1 Å². The Labute approximate surface area is 205 Å². The maximum atomic E-state index is 12.4. The summed E-state index contributed by atoms with van der Waals surface area (Å²) >= 11 is 0. The summed E-state index contributed by atoms with van der Waals surface area (Å²) in [5, 5.41) is 23.7. The van der Waals surface area contributed by atoms with Crippen LogP contribution in [0.15, 0.2) is 48.5 Å². The van der Waals surface area contributed by atoms with E-state index >= 15 is 0 Å². The number of rotatable bonds is 11. The minimum absolute atomic E-state index is 0.00164. The molecular weight excluding hydrogens is 448 g/mol. The highest BCUT2D eigenvalue weighted by Gasteiger charge is 2.35. The van der Waals surface area contributed by atoms with E-state index in [1.54, 1.807) is 6.92 Å². The van der Waals surface area contributed by atoms with Gasteiger partial charge in [0.25, 0.3) is 0 Å². The van der Waals surface area contributed by atoms with Crippen molar-refractivity contribution in [2.45, 2.75) is 57.5 Å². The van der Waals surface area contributed by atoms with E-state index in [1.165, 1.54) is 18.1 Å². The molecule has 2 aromatic carbocycles. The molecule has 3 unspecified atom stereocenters. The van der Waals surface area contributed by atoms with E-state index in [2.05, 4.69) is 34.9 Å². The second-order valence-corrected chi connectivity index (χ2v) is 9.49. The summed E-state index contributed by atoms with van der Waals surface area (Å²) in [4.78, 5) is 36.0. The number of ether oxygens (including phenoxy) is 1. The SMILES string of the molecule is CC(CCCC(C)C(=O)NC(C)(CO)C(=O)O)NC(=O)OCC1c2ccccc2-c2ccccc21. The van der Waals surface area contributed by atoms with Gasteiger partial charge in [-0.05, 0) is 48.9 Å². The molecule has 2 amide bonds. The molecule has 8 heteroatoms. The number of carboxylic acids is 1. The monoisotopic (exact) mass is 482 g/mol. The second kappa shape index (κ2) is 11.4. The molecule has 0 heterocycles. The summed E-state index contributed by atoms with van der Waals surface area (Å²) in [5.74, 6) is -2.15. The van der Waals surface area contributed by atoms with Crippen molar-refractivity contribution in [1.29, 1.82) is 0 Å². The van der Waals surface area contributed by atoms with E-state index in [0.717, 1.165) is 11.1 Å². The molecule has 188 valence electrons. The van der Waals surface area contributed by atoms with Crippen molar-refractivity contribution in [2.75, 3.05) is 13.2 Å². The highest BCUT2D eigenvalue weighted by molar-refractivity contribution is 5.87. The maximum Gasteiger partial charge on any atom is 0.407 e. The van der Waals surface area contributed by atoms with Crippen LogP contribution in [0.25, 0.3) is 11.1 Å². The van der Waals surface area contributed by atoms with Crippen molar-refractivity contribution in [2.24, 2.45) is 5.92 Å². The van der Waals surface area contributed by atoms with Crippen molar-refractivity contribution < 1.29 is 29.3 Å². The van der Waals surface area contributed by atoms with Crippen LogP contribution in [0.2, 0.25) is 0 Å². The number of carbonyl (C=O) groups is 3. The van der Waals surface area contributed by atoms with Gasteiger partial charge in [-0.3, -0.25) is 4.79 Å². The molecular formula is C27H34N2O6. The summed E-state index contributed by atoms with van der Waals surface area (Å²) in [7, 11) is 0. The second-order valence-electron chi connectivity index (χ2n) is 9.49. The largest absolute Gasteiger partial charge is 0.479 e. The van der Waals surface area contributed by atoms with Gasteiger partial charge in [-0.25, -0.2) is 9.59 Å². The molecule has 8 nitrogen and oxygen atoms in total. The first-order chi connectivity index (χ1) is 16.7. The van der Waals surface area contributed by atoms with Crippen LogP contribution in [0.5, 0.6) is 0 Å². The van der Waals surface area contributed by atoms with E-state index in [-0.39, 0.29) is 18.6 Å². The van der Waals surface area contributed by atoms with Gasteiger partial charge in [-0.1, -0.05) is 61.9 Å². The molecule has 0 aliphatic heterocycles. The van der Waals surface area contributed by atoms with Crippen LogP contribution in [0.3, 0.4) is 0 Å². The average Bonchev–Trinajstić information content (AvgIpc) is 3.16. The maximum absolute atomic E-state index is 12.4. The topological polar surface area (TPSA) is 125 Å². The quantitative estimate of drug-likeness (QED) is 0.387. The Kier molecular flexibility index (Phi) is 8.51. The third-order valence-corrected chi connectivity index (χ3v) is 6.62. The number of hydrogen-bond donors (Lipinski definition) is 4. The summed E-state index contributed by atoms with van der Waals surface area (Å²) in [6, 6.07) is 16.2. The summed E-state index contributed by atoms with van der Waals surface area (Å²) < 4.78 is 5.57. The number of aliphatic hydroxyl groups excluding tert-OH is 1. The molecule has 4 N–H and O–H groups in total. The number of aliphatic carboxylic acids is 1. The predicted octanol–water partition coefficient (Wildman–Crippen LogP) is 3.67. The number of amides is 2. The molecule has 0 bridgehead atoms. The van der Waals surface area contributed by atoms with Crippen molar-refractivity contribution in [3.63, 3.8) is 0 Å². The lowest BCUT2D eigenvalue weighted by molar-refractivity contribution is -0.149. The first-order valence-corrected chi connectivity index (χ1v) is 11.9. The van der Waals surface area contributed by atoms with Gasteiger partial charge in [-0.2, -0.15) is 0 Å². The molecule has 0 radical (unpaired) electrons. The Morgan fingerprint density at radius 3 is 2.11 bits per heavy atom. The molecule has 3 rings (SSSR count). The van der Waals surface area contributed by atoms with Gasteiger partial charge in [0.1, 0.15) is 6.61 Å². The molecule has 3 atom stereocenters. The molecule has 1 aliphatic carbocycles. The van der Waals surface area contributed by atoms with Gasteiger partial charge in [0.05, 0.1) is 6.61 Å². The van der Waals surface area contributed by atoms with Crippen LogP contribution in [-0.2, 0) is 14.3 Å². The zero-order chi connectivity index (χ0) is 25.6. The Morgan fingerprint density at radius 2 is 1.57 bits per heavy atom. The fourth-order valence-electron chi connectivity index (χ4n) is 4.33.